The van der Waals surface area contributed by atoms with E-state index < -0.39 is 21.5 Å². The van der Waals surface area contributed by atoms with Crippen molar-refractivity contribution < 1.29 is 17.9 Å². The summed E-state index contributed by atoms with van der Waals surface area (Å²) in [4.78, 5) is 12.1. The number of esters is 1. The van der Waals surface area contributed by atoms with Crippen molar-refractivity contribution >= 4 is 27.6 Å². The molecule has 1 aromatic carbocycles. The van der Waals surface area contributed by atoms with Crippen LogP contribution < -0.4 is 0 Å². The van der Waals surface area contributed by atoms with Crippen LogP contribution in [0.5, 0.6) is 0 Å². The zero-order chi connectivity index (χ0) is 16.5. The van der Waals surface area contributed by atoms with Gasteiger partial charge in [0.2, 0.25) is 10.0 Å². The Morgan fingerprint density at radius 1 is 1.32 bits per heavy atom. The lowest BCUT2D eigenvalue weighted by molar-refractivity contribution is -0.159. The SMILES string of the molecule is CC(C)(C)OC(=O)[C@H]1CCN(S(=O)(=O)c2ccccc2Cl)C1. The van der Waals surface area contributed by atoms with Crippen molar-refractivity contribution in [2.45, 2.75) is 37.7 Å². The number of carbonyl (C=O) groups is 1. The second-order valence-electron chi connectivity index (χ2n) is 6.31. The van der Waals surface area contributed by atoms with Crippen molar-refractivity contribution in [1.82, 2.24) is 4.31 Å². The summed E-state index contributed by atoms with van der Waals surface area (Å²) in [5.41, 5.74) is -0.577. The first kappa shape index (κ1) is 17.2. The third kappa shape index (κ3) is 3.80. The molecule has 0 bridgehead atoms. The first-order valence-electron chi connectivity index (χ1n) is 7.09. The van der Waals surface area contributed by atoms with E-state index in [9.17, 15) is 13.2 Å². The molecule has 1 saturated heterocycles. The lowest BCUT2D eigenvalue weighted by Gasteiger charge is -2.22. The van der Waals surface area contributed by atoms with E-state index in [2.05, 4.69) is 0 Å². The average molecular weight is 346 g/mol. The summed E-state index contributed by atoms with van der Waals surface area (Å²) >= 11 is 5.98. The third-order valence-corrected chi connectivity index (χ3v) is 5.71. The Hall–Kier alpha value is -1.11. The quantitative estimate of drug-likeness (QED) is 0.790. The van der Waals surface area contributed by atoms with Gasteiger partial charge in [-0.25, -0.2) is 8.42 Å². The van der Waals surface area contributed by atoms with Crippen molar-refractivity contribution in [3.8, 4) is 0 Å². The Bertz CT molecular complexity index is 666. The lowest BCUT2D eigenvalue weighted by Crippen LogP contribution is -2.33. The number of ether oxygens (including phenoxy) is 1. The van der Waals surface area contributed by atoms with Gasteiger partial charge in [-0.15, -0.1) is 0 Å². The van der Waals surface area contributed by atoms with Crippen LogP contribution in [0.4, 0.5) is 0 Å². The van der Waals surface area contributed by atoms with E-state index in [1.165, 1.54) is 16.4 Å². The van der Waals surface area contributed by atoms with Gasteiger partial charge in [-0.3, -0.25) is 4.79 Å². The number of nitrogens with zero attached hydrogens (tertiary/aromatic N) is 1. The fraction of sp³-hybridized carbons (Fsp3) is 0.533. The highest BCUT2D eigenvalue weighted by atomic mass is 35.5. The van der Waals surface area contributed by atoms with Gasteiger partial charge < -0.3 is 4.74 Å². The third-order valence-electron chi connectivity index (χ3n) is 3.35. The largest absolute Gasteiger partial charge is 0.460 e. The molecule has 1 fully saturated rings. The minimum atomic E-state index is -3.69. The second kappa shape index (κ2) is 6.18. The van der Waals surface area contributed by atoms with E-state index >= 15 is 0 Å². The van der Waals surface area contributed by atoms with Crippen LogP contribution in [-0.4, -0.2) is 37.4 Å². The van der Waals surface area contributed by atoms with Crippen LogP contribution in [-0.2, 0) is 19.6 Å². The number of benzene rings is 1. The Morgan fingerprint density at radius 3 is 2.55 bits per heavy atom. The van der Waals surface area contributed by atoms with E-state index in [0.29, 0.717) is 6.42 Å². The van der Waals surface area contributed by atoms with Gasteiger partial charge in [0.15, 0.2) is 0 Å². The molecule has 0 amide bonds. The molecule has 22 heavy (non-hydrogen) atoms. The number of hydrogen-bond donors (Lipinski definition) is 0. The Balaban J connectivity index is 2.13. The lowest BCUT2D eigenvalue weighted by atomic mass is 10.1. The maximum Gasteiger partial charge on any atom is 0.310 e. The summed E-state index contributed by atoms with van der Waals surface area (Å²) in [6.45, 7) is 5.79. The van der Waals surface area contributed by atoms with Gasteiger partial charge in [0.05, 0.1) is 10.9 Å². The first-order chi connectivity index (χ1) is 10.1. The average Bonchev–Trinajstić information content (AvgIpc) is 2.87. The molecule has 0 N–H and O–H groups in total. The highest BCUT2D eigenvalue weighted by Crippen LogP contribution is 2.29. The molecule has 5 nitrogen and oxygen atoms in total. The summed E-state index contributed by atoms with van der Waals surface area (Å²) < 4.78 is 31.8. The van der Waals surface area contributed by atoms with Crippen molar-refractivity contribution in [1.29, 1.82) is 0 Å². The molecule has 0 spiro atoms. The molecule has 1 atom stereocenters. The predicted molar refractivity (Wildman–Crippen MR) is 84.2 cm³/mol. The van der Waals surface area contributed by atoms with E-state index in [1.807, 2.05) is 0 Å². The monoisotopic (exact) mass is 345 g/mol. The van der Waals surface area contributed by atoms with Crippen LogP contribution in [0, 0.1) is 5.92 Å². The Labute approximate surface area is 136 Å². The normalized spacial score (nSPS) is 20.1. The smallest absolute Gasteiger partial charge is 0.310 e. The summed E-state index contributed by atoms with van der Waals surface area (Å²) in [5.74, 6) is -0.791. The summed E-state index contributed by atoms with van der Waals surface area (Å²) in [7, 11) is -3.69. The summed E-state index contributed by atoms with van der Waals surface area (Å²) in [6, 6.07) is 6.31. The van der Waals surface area contributed by atoms with Gasteiger partial charge in [-0.2, -0.15) is 4.31 Å². The highest BCUT2D eigenvalue weighted by Gasteiger charge is 2.38. The molecule has 0 unspecified atom stereocenters. The fourth-order valence-corrected chi connectivity index (χ4v) is 4.31. The molecule has 0 aromatic heterocycles. The van der Waals surface area contributed by atoms with Gasteiger partial charge in [-0.1, -0.05) is 23.7 Å². The van der Waals surface area contributed by atoms with Gasteiger partial charge in [0.1, 0.15) is 10.5 Å². The molecule has 1 aromatic rings. The topological polar surface area (TPSA) is 63.7 Å². The predicted octanol–water partition coefficient (Wildman–Crippen LogP) is 2.69. The maximum absolute atomic E-state index is 12.6. The summed E-state index contributed by atoms with van der Waals surface area (Å²) in [6.07, 6.45) is 0.457. The molecule has 7 heteroatoms. The van der Waals surface area contributed by atoms with Crippen LogP contribution >= 0.6 is 11.6 Å². The van der Waals surface area contributed by atoms with Gasteiger partial charge in [-0.05, 0) is 39.3 Å². The van der Waals surface area contributed by atoms with E-state index in [-0.39, 0.29) is 29.0 Å². The van der Waals surface area contributed by atoms with Crippen LogP contribution in [0.3, 0.4) is 0 Å². The number of sulfonamides is 1. The van der Waals surface area contributed by atoms with Crippen LogP contribution in [0.1, 0.15) is 27.2 Å². The number of rotatable bonds is 3. The van der Waals surface area contributed by atoms with Crippen molar-refractivity contribution in [3.63, 3.8) is 0 Å². The standard InChI is InChI=1S/C15H20ClNO4S/c1-15(2,3)21-14(18)11-8-9-17(10-11)22(19,20)13-7-5-4-6-12(13)16/h4-7,11H,8-10H2,1-3H3/t11-/m0/s1. The number of carbonyl (C=O) groups excluding carboxylic acids is 1. The zero-order valence-electron chi connectivity index (χ0n) is 12.9. The Morgan fingerprint density at radius 2 is 1.95 bits per heavy atom. The molecule has 0 aliphatic carbocycles. The number of halogens is 1. The maximum atomic E-state index is 12.6. The van der Waals surface area contributed by atoms with Gasteiger partial charge >= 0.3 is 5.97 Å². The first-order valence-corrected chi connectivity index (χ1v) is 8.90. The van der Waals surface area contributed by atoms with E-state index in [0.717, 1.165) is 0 Å². The summed E-state index contributed by atoms with van der Waals surface area (Å²) in [5, 5.41) is 0.184. The molecule has 0 radical (unpaired) electrons. The second-order valence-corrected chi connectivity index (χ2v) is 8.63. The Kier molecular flexibility index (Phi) is 4.84. The van der Waals surface area contributed by atoms with Crippen LogP contribution in [0.2, 0.25) is 5.02 Å². The van der Waals surface area contributed by atoms with Crippen LogP contribution in [0.15, 0.2) is 29.2 Å². The van der Waals surface area contributed by atoms with Crippen molar-refractivity contribution in [2.75, 3.05) is 13.1 Å². The van der Waals surface area contributed by atoms with Gasteiger partial charge in [0.25, 0.3) is 0 Å². The molecule has 2 rings (SSSR count). The fourth-order valence-electron chi connectivity index (χ4n) is 2.32. The van der Waals surface area contributed by atoms with E-state index in [1.54, 1.807) is 32.9 Å². The minimum absolute atomic E-state index is 0.0708. The minimum Gasteiger partial charge on any atom is -0.460 e. The number of hydrogen-bond acceptors (Lipinski definition) is 4. The molecule has 1 heterocycles. The van der Waals surface area contributed by atoms with E-state index in [4.69, 9.17) is 16.3 Å². The van der Waals surface area contributed by atoms with Crippen molar-refractivity contribution in [3.05, 3.63) is 29.3 Å². The zero-order valence-corrected chi connectivity index (χ0v) is 14.4. The van der Waals surface area contributed by atoms with Crippen molar-refractivity contribution in [2.24, 2.45) is 5.92 Å². The molecule has 1 aliphatic rings. The van der Waals surface area contributed by atoms with Crippen LogP contribution in [0.25, 0.3) is 0 Å². The molecule has 0 saturated carbocycles. The molecular weight excluding hydrogens is 326 g/mol. The van der Waals surface area contributed by atoms with Gasteiger partial charge in [0, 0.05) is 13.1 Å². The molecule has 122 valence electrons. The highest BCUT2D eigenvalue weighted by molar-refractivity contribution is 7.89. The molecule has 1 aliphatic heterocycles. The molecular formula is C15H20ClNO4S.